The zero-order valence-corrected chi connectivity index (χ0v) is 3.30. The zero-order valence-electron chi connectivity index (χ0n) is 3.30. The molecule has 0 saturated heterocycles. The largest absolute Gasteiger partial charge is 0.485 e. The van der Waals surface area contributed by atoms with Gasteiger partial charge in [0.15, 0.2) is 0 Å². The van der Waals surface area contributed by atoms with Crippen LogP contribution in [0.3, 0.4) is 0 Å². The molecule has 0 saturated carbocycles. The smallest absolute Gasteiger partial charge is 0.164 e. The van der Waals surface area contributed by atoms with Crippen molar-refractivity contribution in [1.29, 1.82) is 0 Å². The first kappa shape index (κ1) is 7.61. The molecule has 6 heteroatoms. The van der Waals surface area contributed by atoms with Crippen molar-refractivity contribution in [3.05, 3.63) is 0 Å². The second-order valence-electron chi connectivity index (χ2n) is 1.01. The minimum Gasteiger partial charge on any atom is -0.164 e. The first-order valence-electron chi connectivity index (χ1n) is 1.40. The van der Waals surface area contributed by atoms with E-state index < -0.39 is 12.3 Å². The lowest BCUT2D eigenvalue weighted by molar-refractivity contribution is -0.397. The molecule has 1 nitrogen and oxygen atoms in total. The SMILES string of the molecule is [O]C(F)(F)C(F)(F)F. The third kappa shape index (κ3) is 1.61. The molecule has 0 atom stereocenters. The van der Waals surface area contributed by atoms with Gasteiger partial charge >= 0.3 is 12.3 Å². The van der Waals surface area contributed by atoms with Crippen LogP contribution in [0.25, 0.3) is 0 Å². The van der Waals surface area contributed by atoms with Gasteiger partial charge in [-0.3, -0.25) is 0 Å². The molecule has 0 aliphatic rings. The molecule has 0 unspecified atom stereocenters. The Balaban J connectivity index is 4.02. The fourth-order valence-electron chi connectivity index (χ4n) is 0. The van der Waals surface area contributed by atoms with Gasteiger partial charge in [0.25, 0.3) is 0 Å². The van der Waals surface area contributed by atoms with E-state index in [1.165, 1.54) is 0 Å². The van der Waals surface area contributed by atoms with E-state index in [1.54, 1.807) is 0 Å². The Morgan fingerprint density at radius 1 is 0.875 bits per heavy atom. The summed E-state index contributed by atoms with van der Waals surface area (Å²) in [5.74, 6) is 0. The van der Waals surface area contributed by atoms with E-state index in [9.17, 15) is 22.0 Å². The summed E-state index contributed by atoms with van der Waals surface area (Å²) >= 11 is 0. The molecule has 0 heterocycles. The van der Waals surface area contributed by atoms with Gasteiger partial charge in [0.05, 0.1) is 0 Å². The molecular weight excluding hydrogens is 135 g/mol. The van der Waals surface area contributed by atoms with Crippen LogP contribution in [0, 0.1) is 0 Å². The summed E-state index contributed by atoms with van der Waals surface area (Å²) in [5.41, 5.74) is 0. The molecule has 49 valence electrons. The van der Waals surface area contributed by atoms with Crippen LogP contribution >= 0.6 is 0 Å². The summed E-state index contributed by atoms with van der Waals surface area (Å²) in [6.45, 7) is 0. The van der Waals surface area contributed by atoms with Gasteiger partial charge in [-0.15, -0.1) is 5.11 Å². The Hall–Kier alpha value is -0.390. The Morgan fingerprint density at radius 2 is 1.00 bits per heavy atom. The van der Waals surface area contributed by atoms with Gasteiger partial charge in [-0.05, 0) is 0 Å². The van der Waals surface area contributed by atoms with Crippen LogP contribution in [0.15, 0.2) is 0 Å². The molecule has 0 aromatic carbocycles. The molecule has 0 amide bonds. The van der Waals surface area contributed by atoms with Crippen LogP contribution in [-0.4, -0.2) is 12.3 Å². The lowest BCUT2D eigenvalue weighted by Gasteiger charge is -2.08. The normalized spacial score (nSPS) is 14.2. The van der Waals surface area contributed by atoms with E-state index in [-0.39, 0.29) is 0 Å². The number of halogens is 5. The summed E-state index contributed by atoms with van der Waals surface area (Å²) in [7, 11) is 0. The van der Waals surface area contributed by atoms with Crippen molar-refractivity contribution in [1.82, 2.24) is 0 Å². The van der Waals surface area contributed by atoms with Gasteiger partial charge in [-0.25, -0.2) is 0 Å². The van der Waals surface area contributed by atoms with Crippen molar-refractivity contribution in [3.8, 4) is 0 Å². The molecule has 0 aromatic heterocycles. The van der Waals surface area contributed by atoms with Crippen LogP contribution in [-0.2, 0) is 5.11 Å². The minimum absolute atomic E-state index is 5.81. The van der Waals surface area contributed by atoms with Gasteiger partial charge in [0, 0.05) is 0 Å². The third-order valence-electron chi connectivity index (χ3n) is 0.330. The van der Waals surface area contributed by atoms with Crippen molar-refractivity contribution in [2.45, 2.75) is 12.3 Å². The lowest BCUT2D eigenvalue weighted by atomic mass is 10.6. The average Bonchev–Trinajstić information content (AvgIpc) is 1.25. The number of alkyl halides is 5. The van der Waals surface area contributed by atoms with E-state index in [1.807, 2.05) is 0 Å². The van der Waals surface area contributed by atoms with Gasteiger partial charge < -0.3 is 0 Å². The highest BCUT2D eigenvalue weighted by Gasteiger charge is 2.58. The van der Waals surface area contributed by atoms with Crippen molar-refractivity contribution in [3.63, 3.8) is 0 Å². The summed E-state index contributed by atoms with van der Waals surface area (Å²) < 4.78 is 52.6. The maximum Gasteiger partial charge on any atom is 0.485 e. The fourth-order valence-corrected chi connectivity index (χ4v) is 0. The van der Waals surface area contributed by atoms with Crippen molar-refractivity contribution < 1.29 is 27.1 Å². The number of rotatable bonds is 0. The highest BCUT2D eigenvalue weighted by atomic mass is 19.4. The van der Waals surface area contributed by atoms with Crippen LogP contribution in [0.4, 0.5) is 22.0 Å². The Morgan fingerprint density at radius 3 is 1.00 bits per heavy atom. The number of hydrogen-bond donors (Lipinski definition) is 0. The third-order valence-corrected chi connectivity index (χ3v) is 0.330. The Labute approximate surface area is 40.7 Å². The lowest BCUT2D eigenvalue weighted by Crippen LogP contribution is -2.34. The quantitative estimate of drug-likeness (QED) is 0.449. The van der Waals surface area contributed by atoms with Crippen molar-refractivity contribution in [2.75, 3.05) is 0 Å². The minimum atomic E-state index is -5.95. The fraction of sp³-hybridized carbons (Fsp3) is 1.00. The standard InChI is InChI=1S/C2F5O/c3-1(4,5)2(6,7)8. The molecule has 0 spiro atoms. The molecule has 0 aliphatic carbocycles. The van der Waals surface area contributed by atoms with Gasteiger partial charge in [-0.1, -0.05) is 0 Å². The maximum atomic E-state index is 10.5. The Bertz CT molecular complexity index is 65.4. The highest BCUT2D eigenvalue weighted by Crippen LogP contribution is 2.32. The van der Waals surface area contributed by atoms with Gasteiger partial charge in [-0.2, -0.15) is 22.0 Å². The molecule has 0 fully saturated rings. The maximum absolute atomic E-state index is 10.5. The molecule has 0 aliphatic heterocycles. The highest BCUT2D eigenvalue weighted by molar-refractivity contribution is 4.58. The topological polar surface area (TPSA) is 19.9 Å². The summed E-state index contributed by atoms with van der Waals surface area (Å²) in [6.07, 6.45) is -11.8. The van der Waals surface area contributed by atoms with E-state index >= 15 is 0 Å². The molecule has 8 heavy (non-hydrogen) atoms. The first-order valence-corrected chi connectivity index (χ1v) is 1.40. The zero-order chi connectivity index (χ0) is 7.00. The van der Waals surface area contributed by atoms with Crippen molar-refractivity contribution in [2.24, 2.45) is 0 Å². The molecule has 1 radical (unpaired) electrons. The van der Waals surface area contributed by atoms with E-state index in [0.717, 1.165) is 0 Å². The average molecular weight is 135 g/mol. The van der Waals surface area contributed by atoms with Gasteiger partial charge in [0.2, 0.25) is 0 Å². The molecule has 0 aromatic rings. The van der Waals surface area contributed by atoms with Crippen LogP contribution in [0.5, 0.6) is 0 Å². The van der Waals surface area contributed by atoms with Crippen molar-refractivity contribution >= 4 is 0 Å². The van der Waals surface area contributed by atoms with Crippen LogP contribution in [0.1, 0.15) is 0 Å². The second kappa shape index (κ2) is 1.54. The van der Waals surface area contributed by atoms with E-state index in [0.29, 0.717) is 0 Å². The van der Waals surface area contributed by atoms with Crippen LogP contribution in [0.2, 0.25) is 0 Å². The molecule has 0 rings (SSSR count). The second-order valence-corrected chi connectivity index (χ2v) is 1.01. The van der Waals surface area contributed by atoms with E-state index in [4.69, 9.17) is 5.11 Å². The Kier molecular flexibility index (Phi) is 1.47. The molecular formula is C2F5O. The number of hydrogen-bond acceptors (Lipinski definition) is 0. The molecule has 0 N–H and O–H groups in total. The predicted octanol–water partition coefficient (Wildman–Crippen LogP) is 1.57. The summed E-state index contributed by atoms with van der Waals surface area (Å²) in [5, 5.41) is 8.67. The summed E-state index contributed by atoms with van der Waals surface area (Å²) in [6, 6.07) is 0. The van der Waals surface area contributed by atoms with E-state index in [2.05, 4.69) is 0 Å². The van der Waals surface area contributed by atoms with Gasteiger partial charge in [0.1, 0.15) is 0 Å². The molecule has 0 bridgehead atoms. The summed E-state index contributed by atoms with van der Waals surface area (Å²) in [4.78, 5) is 0. The monoisotopic (exact) mass is 135 g/mol. The predicted molar refractivity (Wildman–Crippen MR) is 11.7 cm³/mol. The first-order chi connectivity index (χ1) is 3.25. The van der Waals surface area contributed by atoms with Crippen LogP contribution < -0.4 is 0 Å².